The summed E-state index contributed by atoms with van der Waals surface area (Å²) in [5.74, 6) is 0. The first kappa shape index (κ1) is 19.2. The van der Waals surface area contributed by atoms with Crippen LogP contribution in [0.3, 0.4) is 0 Å². The molecule has 152 valence electrons. The maximum Gasteiger partial charge on any atom is 0.435 e. The molecule has 1 aliphatic rings. The Labute approximate surface area is 163 Å². The first-order valence-electron chi connectivity index (χ1n) is 9.05. The number of nitrogens with one attached hydrogen (secondary N) is 1. The van der Waals surface area contributed by atoms with E-state index in [4.69, 9.17) is 0 Å². The summed E-state index contributed by atoms with van der Waals surface area (Å²) >= 11 is 0. The summed E-state index contributed by atoms with van der Waals surface area (Å²) in [5.41, 5.74) is -0.109. The van der Waals surface area contributed by atoms with Crippen molar-refractivity contribution in [2.75, 3.05) is 31.1 Å². The fraction of sp³-hybridized carbons (Fsp3) is 0.389. The van der Waals surface area contributed by atoms with Crippen molar-refractivity contribution in [1.82, 2.24) is 29.8 Å². The van der Waals surface area contributed by atoms with Crippen molar-refractivity contribution in [2.24, 2.45) is 0 Å². The van der Waals surface area contributed by atoms with Gasteiger partial charge in [-0.05, 0) is 6.92 Å². The van der Waals surface area contributed by atoms with Gasteiger partial charge in [0, 0.05) is 56.5 Å². The molecule has 8 nitrogen and oxygen atoms in total. The van der Waals surface area contributed by atoms with E-state index < -0.39 is 24.0 Å². The third-order valence-electron chi connectivity index (χ3n) is 4.88. The largest absolute Gasteiger partial charge is 0.435 e. The lowest BCUT2D eigenvalue weighted by Crippen LogP contribution is -2.46. The number of anilines is 1. The normalized spacial score (nSPS) is 15.1. The van der Waals surface area contributed by atoms with Crippen molar-refractivity contribution in [3.8, 4) is 0 Å². The van der Waals surface area contributed by atoms with Crippen molar-refractivity contribution in [3.63, 3.8) is 0 Å². The van der Waals surface area contributed by atoms with E-state index in [0.29, 0.717) is 42.9 Å². The molecular weight excluding hydrogens is 387 g/mol. The summed E-state index contributed by atoms with van der Waals surface area (Å²) < 4.78 is 41.3. The van der Waals surface area contributed by atoms with Gasteiger partial charge < -0.3 is 10.2 Å². The van der Waals surface area contributed by atoms with Crippen LogP contribution < -0.4 is 15.8 Å². The summed E-state index contributed by atoms with van der Waals surface area (Å²) in [5, 5.41) is 3.22. The Bertz CT molecular complexity index is 1110. The molecule has 4 rings (SSSR count). The Kier molecular flexibility index (Phi) is 4.91. The fourth-order valence-corrected chi connectivity index (χ4v) is 3.57. The topological polar surface area (TPSA) is 88.8 Å². The van der Waals surface area contributed by atoms with Gasteiger partial charge in [-0.15, -0.1) is 0 Å². The highest BCUT2D eigenvalue weighted by molar-refractivity contribution is 5.80. The molecule has 0 aliphatic carbocycles. The lowest BCUT2D eigenvalue weighted by Gasteiger charge is -2.30. The van der Waals surface area contributed by atoms with Crippen LogP contribution in [0.4, 0.5) is 18.9 Å². The molecule has 11 heteroatoms. The van der Waals surface area contributed by atoms with Crippen LogP contribution in [0.25, 0.3) is 11.2 Å². The Morgan fingerprint density at radius 3 is 2.41 bits per heavy atom. The van der Waals surface area contributed by atoms with Crippen LogP contribution in [0.15, 0.2) is 29.6 Å². The molecule has 4 heterocycles. The number of alkyl halides is 3. The number of aromatic nitrogens is 5. The number of fused-ring (bicyclic) bond motifs is 1. The van der Waals surface area contributed by atoms with Gasteiger partial charge in [0.25, 0.3) is 5.56 Å². The molecular formula is C18H18F3N7O. The average molecular weight is 405 g/mol. The molecule has 0 amide bonds. The zero-order valence-corrected chi connectivity index (χ0v) is 15.6. The molecule has 0 radical (unpaired) electrons. The third kappa shape index (κ3) is 3.53. The molecule has 3 aromatic rings. The molecule has 29 heavy (non-hydrogen) atoms. The molecule has 1 aliphatic heterocycles. The lowest BCUT2D eigenvalue weighted by atomic mass is 10.1. The number of halogens is 3. The second kappa shape index (κ2) is 7.39. The van der Waals surface area contributed by atoms with E-state index in [1.807, 2.05) is 4.90 Å². The van der Waals surface area contributed by atoms with Crippen molar-refractivity contribution in [3.05, 3.63) is 52.1 Å². The van der Waals surface area contributed by atoms with Crippen molar-refractivity contribution < 1.29 is 13.2 Å². The Hall–Kier alpha value is -3.08. The van der Waals surface area contributed by atoms with E-state index in [9.17, 15) is 18.0 Å². The average Bonchev–Trinajstić information content (AvgIpc) is 2.72. The predicted molar refractivity (Wildman–Crippen MR) is 99.8 cm³/mol. The zero-order chi connectivity index (χ0) is 20.6. The summed E-state index contributed by atoms with van der Waals surface area (Å²) in [7, 11) is 0. The minimum absolute atomic E-state index is 0.215. The molecule has 1 saturated heterocycles. The maximum atomic E-state index is 13.4. The zero-order valence-electron chi connectivity index (χ0n) is 15.6. The molecule has 0 bridgehead atoms. The van der Waals surface area contributed by atoms with Crippen molar-refractivity contribution >= 4 is 16.9 Å². The minimum Gasteiger partial charge on any atom is -0.364 e. The number of piperazine rings is 1. The van der Waals surface area contributed by atoms with Gasteiger partial charge in [0.1, 0.15) is 11.2 Å². The first-order chi connectivity index (χ1) is 13.9. The van der Waals surface area contributed by atoms with E-state index >= 15 is 0 Å². The second-order valence-electron chi connectivity index (χ2n) is 6.68. The smallest absolute Gasteiger partial charge is 0.364 e. The minimum atomic E-state index is -4.68. The van der Waals surface area contributed by atoms with E-state index in [2.05, 4.69) is 25.3 Å². The molecule has 0 atom stereocenters. The third-order valence-corrected chi connectivity index (χ3v) is 4.88. The first-order valence-corrected chi connectivity index (χ1v) is 9.05. The SMILES string of the molecule is Cc1c(N2CCNCC2)c(=O)n(Cc2nccnc2C(F)(F)F)c2nccnc12. The highest BCUT2D eigenvalue weighted by Gasteiger charge is 2.36. The van der Waals surface area contributed by atoms with Gasteiger partial charge in [0.2, 0.25) is 0 Å². The van der Waals surface area contributed by atoms with Gasteiger partial charge in [-0.25, -0.2) is 9.97 Å². The van der Waals surface area contributed by atoms with Crippen molar-refractivity contribution in [1.29, 1.82) is 0 Å². The fourth-order valence-electron chi connectivity index (χ4n) is 3.57. The van der Waals surface area contributed by atoms with Gasteiger partial charge in [-0.3, -0.25) is 19.3 Å². The monoisotopic (exact) mass is 405 g/mol. The molecule has 0 aromatic carbocycles. The van der Waals surface area contributed by atoms with Gasteiger partial charge in [0.05, 0.1) is 12.2 Å². The number of hydrogen-bond acceptors (Lipinski definition) is 7. The molecule has 0 saturated carbocycles. The highest BCUT2D eigenvalue weighted by atomic mass is 19.4. The van der Waals surface area contributed by atoms with Gasteiger partial charge in [0.15, 0.2) is 11.3 Å². The number of rotatable bonds is 3. The summed E-state index contributed by atoms with van der Waals surface area (Å²) in [6.07, 6.45) is 0.378. The highest BCUT2D eigenvalue weighted by Crippen LogP contribution is 2.30. The van der Waals surface area contributed by atoms with Crippen LogP contribution in [0.5, 0.6) is 0 Å². The van der Waals surface area contributed by atoms with Gasteiger partial charge in [-0.2, -0.15) is 13.2 Å². The van der Waals surface area contributed by atoms with Crippen molar-refractivity contribution in [2.45, 2.75) is 19.6 Å². The van der Waals surface area contributed by atoms with E-state index in [-0.39, 0.29) is 11.3 Å². The Balaban J connectivity index is 1.92. The van der Waals surface area contributed by atoms with Crippen LogP contribution in [0, 0.1) is 6.92 Å². The summed E-state index contributed by atoms with van der Waals surface area (Å²) in [6, 6.07) is 0. The lowest BCUT2D eigenvalue weighted by molar-refractivity contribution is -0.142. The molecule has 1 fully saturated rings. The number of hydrogen-bond donors (Lipinski definition) is 1. The molecule has 3 aromatic heterocycles. The molecule has 0 unspecified atom stereocenters. The van der Waals surface area contributed by atoms with Crippen LogP contribution in [-0.4, -0.2) is 50.7 Å². The quantitative estimate of drug-likeness (QED) is 0.704. The number of pyridine rings is 1. The molecule has 1 N–H and O–H groups in total. The van der Waals surface area contributed by atoms with E-state index in [1.165, 1.54) is 23.2 Å². The van der Waals surface area contributed by atoms with E-state index in [0.717, 1.165) is 6.20 Å². The second-order valence-corrected chi connectivity index (χ2v) is 6.68. The predicted octanol–water partition coefficient (Wildman–Crippen LogP) is 1.37. The van der Waals surface area contributed by atoms with Gasteiger partial charge >= 0.3 is 6.18 Å². The summed E-state index contributed by atoms with van der Waals surface area (Å²) in [6.45, 7) is 4.01. The van der Waals surface area contributed by atoms with Crippen LogP contribution in [0.2, 0.25) is 0 Å². The Morgan fingerprint density at radius 1 is 1.03 bits per heavy atom. The van der Waals surface area contributed by atoms with E-state index in [1.54, 1.807) is 6.92 Å². The Morgan fingerprint density at radius 2 is 1.69 bits per heavy atom. The van der Waals surface area contributed by atoms with Crippen LogP contribution in [0.1, 0.15) is 17.0 Å². The maximum absolute atomic E-state index is 13.4. The number of aryl methyl sites for hydroxylation is 1. The number of nitrogens with zero attached hydrogens (tertiary/aromatic N) is 6. The van der Waals surface area contributed by atoms with Crippen LogP contribution in [-0.2, 0) is 12.7 Å². The standard InChI is InChI=1S/C18H18F3N7O/c1-11-13-16(26-5-3-24-13)28(17(29)14(11)27-8-6-22-7-9-27)10-12-15(18(19,20)21)25-4-2-23-12/h2-5,22H,6-10H2,1H3. The molecule has 0 spiro atoms. The van der Waals surface area contributed by atoms with Gasteiger partial charge in [-0.1, -0.05) is 0 Å². The summed E-state index contributed by atoms with van der Waals surface area (Å²) in [4.78, 5) is 31.1. The van der Waals surface area contributed by atoms with Crippen LogP contribution >= 0.6 is 0 Å².